The summed E-state index contributed by atoms with van der Waals surface area (Å²) in [5.74, 6) is 1.33. The van der Waals surface area contributed by atoms with Crippen LogP contribution in [-0.2, 0) is 0 Å². The molecule has 0 radical (unpaired) electrons. The zero-order valence-electron chi connectivity index (χ0n) is 15.6. The zero-order chi connectivity index (χ0) is 19.7. The number of Topliss-reactive ketones (excluding diaryl/α,β-unsaturated/α-hetero) is 1. The topological polar surface area (TPSA) is 62.7 Å². The standard InChI is InChI=1S/C22H23ClN2O3/c1-2-22-9-19(28-20-8-17(23)10-24-11-20)7-16(22)12-25(14-22)13-21(27)15-3-5-18(26)6-4-15/h2-6,8,10-11,16,19,26H,1,7,9,12-14H2/t16-,19+,22?/m0/s1. The van der Waals surface area contributed by atoms with Crippen LogP contribution in [0.2, 0.25) is 5.02 Å². The van der Waals surface area contributed by atoms with Gasteiger partial charge in [0.15, 0.2) is 5.78 Å². The van der Waals surface area contributed by atoms with Crippen LogP contribution in [0.5, 0.6) is 11.5 Å². The van der Waals surface area contributed by atoms with Crippen LogP contribution in [0.3, 0.4) is 0 Å². The van der Waals surface area contributed by atoms with Crippen LogP contribution in [0.1, 0.15) is 23.2 Å². The van der Waals surface area contributed by atoms with Crippen LogP contribution in [0.25, 0.3) is 0 Å². The summed E-state index contributed by atoms with van der Waals surface area (Å²) in [7, 11) is 0. The summed E-state index contributed by atoms with van der Waals surface area (Å²) >= 11 is 6.00. The number of phenolic OH excluding ortho intramolecular Hbond substituents is 1. The molecular formula is C22H23ClN2O3. The fourth-order valence-corrected chi connectivity index (χ4v) is 4.75. The van der Waals surface area contributed by atoms with E-state index in [1.165, 1.54) is 0 Å². The Balaban J connectivity index is 1.39. The van der Waals surface area contributed by atoms with Gasteiger partial charge in [-0.3, -0.25) is 14.7 Å². The Kier molecular flexibility index (Phi) is 5.13. The summed E-state index contributed by atoms with van der Waals surface area (Å²) in [4.78, 5) is 18.9. The highest BCUT2D eigenvalue weighted by Crippen LogP contribution is 2.50. The van der Waals surface area contributed by atoms with E-state index in [2.05, 4.69) is 16.5 Å². The minimum atomic E-state index is -0.0358. The van der Waals surface area contributed by atoms with Gasteiger partial charge in [-0.15, -0.1) is 6.58 Å². The SMILES string of the molecule is C=CC12C[C@H](Oc3cncc(Cl)c3)C[C@H]1CN(CC(=O)c1ccc(O)cc1)C2. The maximum absolute atomic E-state index is 12.6. The van der Waals surface area contributed by atoms with Crippen molar-refractivity contribution in [1.29, 1.82) is 0 Å². The number of carbonyl (C=O) groups excluding carboxylic acids is 1. The van der Waals surface area contributed by atoms with Gasteiger partial charge in [-0.05, 0) is 43.0 Å². The third-order valence-electron chi connectivity index (χ3n) is 5.91. The van der Waals surface area contributed by atoms with Gasteiger partial charge in [0, 0.05) is 36.3 Å². The molecular weight excluding hydrogens is 376 g/mol. The van der Waals surface area contributed by atoms with Crippen molar-refractivity contribution < 1.29 is 14.6 Å². The second-order valence-corrected chi connectivity index (χ2v) is 8.23. The monoisotopic (exact) mass is 398 g/mol. The lowest BCUT2D eigenvalue weighted by molar-refractivity contribution is 0.0933. The number of rotatable bonds is 6. The van der Waals surface area contributed by atoms with Crippen LogP contribution >= 0.6 is 11.6 Å². The largest absolute Gasteiger partial charge is 0.508 e. The van der Waals surface area contributed by atoms with Crippen LogP contribution in [0.15, 0.2) is 55.4 Å². The smallest absolute Gasteiger partial charge is 0.176 e. The summed E-state index contributed by atoms with van der Waals surface area (Å²) in [5, 5.41) is 9.95. The lowest BCUT2D eigenvalue weighted by atomic mass is 9.81. The minimum Gasteiger partial charge on any atom is -0.508 e. The Bertz CT molecular complexity index is 886. The number of nitrogens with zero attached hydrogens (tertiary/aromatic N) is 2. The predicted molar refractivity (Wildman–Crippen MR) is 108 cm³/mol. The number of ketones is 1. The van der Waals surface area contributed by atoms with E-state index in [0.29, 0.717) is 28.8 Å². The molecule has 1 unspecified atom stereocenters. The lowest BCUT2D eigenvalue weighted by Gasteiger charge is -2.25. The molecule has 6 heteroatoms. The first-order valence-corrected chi connectivity index (χ1v) is 9.80. The Morgan fingerprint density at radius 2 is 2.18 bits per heavy atom. The number of aromatic hydroxyl groups is 1. The number of carbonyl (C=O) groups is 1. The van der Waals surface area contributed by atoms with Gasteiger partial charge in [-0.2, -0.15) is 0 Å². The van der Waals surface area contributed by atoms with E-state index in [9.17, 15) is 9.90 Å². The van der Waals surface area contributed by atoms with Crippen molar-refractivity contribution in [2.45, 2.75) is 18.9 Å². The molecule has 1 aromatic carbocycles. The van der Waals surface area contributed by atoms with Crippen LogP contribution in [-0.4, -0.2) is 46.5 Å². The second kappa shape index (κ2) is 7.57. The quantitative estimate of drug-likeness (QED) is 0.589. The molecule has 1 aromatic heterocycles. The molecule has 146 valence electrons. The molecule has 2 aromatic rings. The van der Waals surface area contributed by atoms with Gasteiger partial charge >= 0.3 is 0 Å². The number of pyridine rings is 1. The normalized spacial score (nSPS) is 26.8. The third-order valence-corrected chi connectivity index (χ3v) is 6.12. The van der Waals surface area contributed by atoms with E-state index in [1.807, 2.05) is 6.08 Å². The predicted octanol–water partition coefficient (Wildman–Crippen LogP) is 3.97. The van der Waals surface area contributed by atoms with Gasteiger partial charge in [-0.25, -0.2) is 0 Å². The van der Waals surface area contributed by atoms with Crippen molar-refractivity contribution in [1.82, 2.24) is 9.88 Å². The molecule has 2 heterocycles. The Morgan fingerprint density at radius 3 is 2.86 bits per heavy atom. The summed E-state index contributed by atoms with van der Waals surface area (Å²) in [5.41, 5.74) is 0.587. The lowest BCUT2D eigenvalue weighted by Crippen LogP contribution is -2.32. The molecule has 1 saturated heterocycles. The summed E-state index contributed by atoms with van der Waals surface area (Å²) in [6.07, 6.45) is 7.20. The van der Waals surface area contributed by atoms with Gasteiger partial charge in [0.1, 0.15) is 17.6 Å². The maximum Gasteiger partial charge on any atom is 0.176 e. The molecule has 1 N–H and O–H groups in total. The second-order valence-electron chi connectivity index (χ2n) is 7.79. The van der Waals surface area contributed by atoms with E-state index in [4.69, 9.17) is 16.3 Å². The molecule has 28 heavy (non-hydrogen) atoms. The van der Waals surface area contributed by atoms with Crippen molar-refractivity contribution in [3.8, 4) is 11.5 Å². The minimum absolute atomic E-state index is 0.0358. The van der Waals surface area contributed by atoms with Crippen molar-refractivity contribution in [2.75, 3.05) is 19.6 Å². The van der Waals surface area contributed by atoms with E-state index >= 15 is 0 Å². The van der Waals surface area contributed by atoms with E-state index in [0.717, 1.165) is 25.9 Å². The van der Waals surface area contributed by atoms with Crippen LogP contribution < -0.4 is 4.74 Å². The highest BCUT2D eigenvalue weighted by molar-refractivity contribution is 6.30. The Morgan fingerprint density at radius 1 is 1.39 bits per heavy atom. The van der Waals surface area contributed by atoms with Gasteiger partial charge in [-0.1, -0.05) is 17.7 Å². The van der Waals surface area contributed by atoms with Crippen molar-refractivity contribution in [2.24, 2.45) is 11.3 Å². The van der Waals surface area contributed by atoms with Crippen molar-refractivity contribution in [3.05, 3.63) is 66.0 Å². The van der Waals surface area contributed by atoms with Crippen LogP contribution in [0.4, 0.5) is 0 Å². The molecule has 0 amide bonds. The molecule has 3 atom stereocenters. The summed E-state index contributed by atoms with van der Waals surface area (Å²) < 4.78 is 6.11. The van der Waals surface area contributed by atoms with Gasteiger partial charge in [0.25, 0.3) is 0 Å². The Labute approximate surface area is 169 Å². The molecule has 1 aliphatic carbocycles. The molecule has 4 rings (SSSR count). The molecule has 1 aliphatic heterocycles. The maximum atomic E-state index is 12.6. The highest BCUT2D eigenvalue weighted by Gasteiger charge is 2.52. The van der Waals surface area contributed by atoms with Gasteiger partial charge < -0.3 is 9.84 Å². The first-order valence-electron chi connectivity index (χ1n) is 9.43. The number of likely N-dealkylation sites (tertiary alicyclic amines) is 1. The Hall–Kier alpha value is -2.37. The van der Waals surface area contributed by atoms with Gasteiger partial charge in [0.2, 0.25) is 0 Å². The number of halogens is 1. The fourth-order valence-electron chi connectivity index (χ4n) is 4.58. The molecule has 2 fully saturated rings. The molecule has 1 saturated carbocycles. The first kappa shape index (κ1) is 19.0. The van der Waals surface area contributed by atoms with Gasteiger partial charge in [0.05, 0.1) is 17.8 Å². The number of hydrogen-bond donors (Lipinski definition) is 1. The number of benzene rings is 1. The molecule has 2 aliphatic rings. The zero-order valence-corrected chi connectivity index (χ0v) is 16.3. The van der Waals surface area contributed by atoms with Crippen molar-refractivity contribution >= 4 is 17.4 Å². The fraction of sp³-hybridized carbons (Fsp3) is 0.364. The average molecular weight is 399 g/mol. The average Bonchev–Trinajstić information content (AvgIpc) is 3.15. The first-order chi connectivity index (χ1) is 13.5. The molecule has 0 bridgehead atoms. The van der Waals surface area contributed by atoms with Crippen molar-refractivity contribution in [3.63, 3.8) is 0 Å². The summed E-state index contributed by atoms with van der Waals surface area (Å²) in [6.45, 7) is 6.12. The van der Waals surface area contributed by atoms with E-state index in [-0.39, 0.29) is 23.1 Å². The highest BCUT2D eigenvalue weighted by atomic mass is 35.5. The van der Waals surface area contributed by atoms with E-state index in [1.54, 1.807) is 42.7 Å². The summed E-state index contributed by atoms with van der Waals surface area (Å²) in [6, 6.07) is 8.21. The number of ether oxygens (including phenoxy) is 1. The number of phenols is 1. The number of hydrogen-bond acceptors (Lipinski definition) is 5. The molecule has 0 spiro atoms. The third kappa shape index (κ3) is 3.77. The van der Waals surface area contributed by atoms with Crippen LogP contribution in [0, 0.1) is 11.3 Å². The molecule has 5 nitrogen and oxygen atoms in total. The number of aromatic nitrogens is 1. The number of fused-ring (bicyclic) bond motifs is 1. The van der Waals surface area contributed by atoms with E-state index < -0.39 is 0 Å².